The molecule has 2 amide bonds. The minimum atomic E-state index is -0.403. The summed E-state index contributed by atoms with van der Waals surface area (Å²) in [5.74, 6) is 0.167. The van der Waals surface area contributed by atoms with Crippen molar-refractivity contribution in [2.45, 2.75) is 26.3 Å². The first-order chi connectivity index (χ1) is 6.38. The maximum atomic E-state index is 11.3. The Balaban J connectivity index is 2.54. The fourth-order valence-electron chi connectivity index (χ4n) is 0.761. The Morgan fingerprint density at radius 1 is 1.43 bits per heavy atom. The lowest BCUT2D eigenvalue weighted by atomic mass is 10.1. The quantitative estimate of drug-likeness (QED) is 0.613. The van der Waals surface area contributed by atoms with Crippen LogP contribution in [-0.2, 0) is 0 Å². The van der Waals surface area contributed by atoms with E-state index in [1.54, 1.807) is 0 Å². The normalized spacial score (nSPS) is 11.1. The molecule has 0 unspecified atom stereocenters. The number of hydrogen-bond acceptors (Lipinski definition) is 5. The summed E-state index contributed by atoms with van der Waals surface area (Å²) in [6.07, 6.45) is 0. The fraction of sp³-hybridized carbons (Fsp3) is 0.571. The van der Waals surface area contributed by atoms with Crippen LogP contribution in [0.1, 0.15) is 20.8 Å². The lowest BCUT2D eigenvalue weighted by Gasteiger charge is -2.19. The van der Waals surface area contributed by atoms with E-state index in [1.165, 1.54) is 0 Å². The molecule has 0 radical (unpaired) electrons. The number of nitrogens with one attached hydrogen (secondary N) is 2. The molecule has 1 rings (SSSR count). The van der Waals surface area contributed by atoms with Crippen LogP contribution in [0.4, 0.5) is 16.4 Å². The van der Waals surface area contributed by atoms with Gasteiger partial charge in [0.25, 0.3) is 0 Å². The number of amides is 2. The van der Waals surface area contributed by atoms with Crippen LogP contribution in [0.3, 0.4) is 0 Å². The number of carbonyl (C=O) groups is 1. The minimum Gasteiger partial charge on any atom is -0.378 e. The molecule has 0 saturated carbocycles. The molecule has 7 nitrogen and oxygen atoms in total. The molecule has 1 aromatic rings. The highest BCUT2D eigenvalue weighted by atomic mass is 16.6. The van der Waals surface area contributed by atoms with Crippen molar-refractivity contribution in [2.75, 3.05) is 11.1 Å². The second-order valence-corrected chi connectivity index (χ2v) is 3.83. The molecule has 1 heterocycles. The fourth-order valence-corrected chi connectivity index (χ4v) is 0.761. The van der Waals surface area contributed by atoms with Gasteiger partial charge in [-0.2, -0.15) is 0 Å². The number of nitrogens with zero attached hydrogens (tertiary/aromatic N) is 2. The molecule has 1 aromatic heterocycles. The summed E-state index contributed by atoms with van der Waals surface area (Å²) < 4.78 is 4.31. The zero-order chi connectivity index (χ0) is 10.8. The SMILES string of the molecule is CC(C)(C)NC(=O)Nc1nonc1N. The van der Waals surface area contributed by atoms with Crippen LogP contribution in [0, 0.1) is 0 Å². The molecule has 0 spiro atoms. The lowest BCUT2D eigenvalue weighted by molar-refractivity contribution is 0.243. The van der Waals surface area contributed by atoms with E-state index in [4.69, 9.17) is 5.73 Å². The van der Waals surface area contributed by atoms with E-state index in [0.29, 0.717) is 0 Å². The second-order valence-electron chi connectivity index (χ2n) is 3.83. The van der Waals surface area contributed by atoms with Crippen LogP contribution in [-0.4, -0.2) is 21.9 Å². The van der Waals surface area contributed by atoms with Gasteiger partial charge >= 0.3 is 6.03 Å². The number of carbonyl (C=O) groups excluding carboxylic acids is 1. The zero-order valence-electron chi connectivity index (χ0n) is 8.29. The van der Waals surface area contributed by atoms with E-state index in [0.717, 1.165) is 0 Å². The van der Waals surface area contributed by atoms with Gasteiger partial charge < -0.3 is 11.1 Å². The highest BCUT2D eigenvalue weighted by molar-refractivity contribution is 5.90. The van der Waals surface area contributed by atoms with Gasteiger partial charge in [-0.3, -0.25) is 5.32 Å². The first kappa shape index (κ1) is 10.3. The number of nitrogen functional groups attached to an aromatic ring is 1. The van der Waals surface area contributed by atoms with E-state index in [1.807, 2.05) is 20.8 Å². The van der Waals surface area contributed by atoms with E-state index >= 15 is 0 Å². The summed E-state index contributed by atoms with van der Waals surface area (Å²) in [6, 6.07) is -0.403. The van der Waals surface area contributed by atoms with Crippen LogP contribution in [0.25, 0.3) is 0 Å². The van der Waals surface area contributed by atoms with Gasteiger partial charge in [0.2, 0.25) is 11.6 Å². The van der Waals surface area contributed by atoms with Gasteiger partial charge in [-0.05, 0) is 31.1 Å². The van der Waals surface area contributed by atoms with Gasteiger partial charge in [-0.1, -0.05) is 0 Å². The van der Waals surface area contributed by atoms with Gasteiger partial charge in [-0.15, -0.1) is 0 Å². The third kappa shape index (κ3) is 2.92. The molecule has 0 bridgehead atoms. The number of hydrogen-bond donors (Lipinski definition) is 3. The minimum absolute atomic E-state index is 0.0501. The highest BCUT2D eigenvalue weighted by Gasteiger charge is 2.16. The third-order valence-corrected chi connectivity index (χ3v) is 1.23. The highest BCUT2D eigenvalue weighted by Crippen LogP contribution is 2.10. The Kier molecular flexibility index (Phi) is 2.59. The first-order valence-corrected chi connectivity index (χ1v) is 4.06. The maximum absolute atomic E-state index is 11.3. The summed E-state index contributed by atoms with van der Waals surface area (Å²) in [4.78, 5) is 11.3. The summed E-state index contributed by atoms with van der Waals surface area (Å²) >= 11 is 0. The summed E-state index contributed by atoms with van der Waals surface area (Å²) in [6.45, 7) is 5.57. The Bertz CT molecular complexity index is 327. The van der Waals surface area contributed by atoms with E-state index in [9.17, 15) is 4.79 Å². The molecule has 0 fully saturated rings. The van der Waals surface area contributed by atoms with Crippen molar-refractivity contribution >= 4 is 17.7 Å². The van der Waals surface area contributed by atoms with Crippen LogP contribution >= 0.6 is 0 Å². The number of anilines is 2. The standard InChI is InChI=1S/C7H13N5O2/c1-7(2,3)10-6(13)9-5-4(8)11-14-12-5/h1-3H3,(H2,8,11)(H2,9,10,12,13). The van der Waals surface area contributed by atoms with Crippen molar-refractivity contribution < 1.29 is 9.42 Å². The van der Waals surface area contributed by atoms with E-state index in [-0.39, 0.29) is 17.2 Å². The molecule has 0 saturated heterocycles. The van der Waals surface area contributed by atoms with Gasteiger partial charge in [0, 0.05) is 5.54 Å². The average molecular weight is 199 g/mol. The monoisotopic (exact) mass is 199 g/mol. The Hall–Kier alpha value is -1.79. The Morgan fingerprint density at radius 3 is 2.50 bits per heavy atom. The van der Waals surface area contributed by atoms with Gasteiger partial charge in [0.05, 0.1) is 0 Å². The van der Waals surface area contributed by atoms with Crippen LogP contribution in [0.5, 0.6) is 0 Å². The topological polar surface area (TPSA) is 106 Å². The summed E-state index contributed by atoms with van der Waals surface area (Å²) in [5.41, 5.74) is 5.02. The predicted molar refractivity (Wildman–Crippen MR) is 50.6 cm³/mol. The van der Waals surface area contributed by atoms with Crippen molar-refractivity contribution in [3.63, 3.8) is 0 Å². The van der Waals surface area contributed by atoms with Crippen LogP contribution in [0.2, 0.25) is 0 Å². The van der Waals surface area contributed by atoms with Crippen molar-refractivity contribution in [1.82, 2.24) is 15.6 Å². The average Bonchev–Trinajstić information content (AvgIpc) is 2.32. The molecular formula is C7H13N5O2. The van der Waals surface area contributed by atoms with E-state index in [2.05, 4.69) is 25.6 Å². The van der Waals surface area contributed by atoms with Crippen LogP contribution in [0.15, 0.2) is 4.63 Å². The molecule has 0 aromatic carbocycles. The lowest BCUT2D eigenvalue weighted by Crippen LogP contribution is -2.43. The number of nitrogens with two attached hydrogens (primary N) is 1. The second kappa shape index (κ2) is 3.52. The first-order valence-electron chi connectivity index (χ1n) is 4.06. The number of aromatic nitrogens is 2. The zero-order valence-corrected chi connectivity index (χ0v) is 8.29. The molecule has 14 heavy (non-hydrogen) atoms. The van der Waals surface area contributed by atoms with Crippen LogP contribution < -0.4 is 16.4 Å². The predicted octanol–water partition coefficient (Wildman–Crippen LogP) is 0.572. The number of urea groups is 1. The molecular weight excluding hydrogens is 186 g/mol. The third-order valence-electron chi connectivity index (χ3n) is 1.23. The molecule has 4 N–H and O–H groups in total. The number of rotatable bonds is 1. The van der Waals surface area contributed by atoms with Crippen molar-refractivity contribution in [3.8, 4) is 0 Å². The molecule has 0 aliphatic carbocycles. The van der Waals surface area contributed by atoms with Crippen molar-refractivity contribution in [1.29, 1.82) is 0 Å². The molecule has 0 atom stereocenters. The van der Waals surface area contributed by atoms with Gasteiger partial charge in [0.15, 0.2) is 0 Å². The molecule has 78 valence electrons. The Morgan fingerprint density at radius 2 is 2.07 bits per heavy atom. The molecule has 7 heteroatoms. The molecule has 0 aliphatic rings. The van der Waals surface area contributed by atoms with Gasteiger partial charge in [0.1, 0.15) is 0 Å². The van der Waals surface area contributed by atoms with Crippen molar-refractivity contribution in [2.24, 2.45) is 0 Å². The van der Waals surface area contributed by atoms with Crippen molar-refractivity contribution in [3.05, 3.63) is 0 Å². The largest absolute Gasteiger partial charge is 0.378 e. The Labute approximate surface area is 81.0 Å². The summed E-state index contributed by atoms with van der Waals surface area (Å²) in [7, 11) is 0. The molecule has 0 aliphatic heterocycles. The summed E-state index contributed by atoms with van der Waals surface area (Å²) in [5, 5.41) is 11.8. The smallest absolute Gasteiger partial charge is 0.321 e. The maximum Gasteiger partial charge on any atom is 0.321 e. The van der Waals surface area contributed by atoms with E-state index < -0.39 is 6.03 Å². The van der Waals surface area contributed by atoms with Gasteiger partial charge in [-0.25, -0.2) is 9.42 Å².